The Morgan fingerprint density at radius 3 is 2.10 bits per heavy atom. The van der Waals surface area contributed by atoms with Crippen molar-refractivity contribution in [1.29, 1.82) is 0 Å². The number of anilines is 1. The van der Waals surface area contributed by atoms with E-state index in [0.717, 1.165) is 62.4 Å². The van der Waals surface area contributed by atoms with Crippen molar-refractivity contribution in [1.82, 2.24) is 14.4 Å². The first-order valence-electron chi connectivity index (χ1n) is 16.9. The Morgan fingerprint density at radius 2 is 1.46 bits per heavy atom. The van der Waals surface area contributed by atoms with E-state index in [-0.39, 0.29) is 5.91 Å². The zero-order valence-electron chi connectivity index (χ0n) is 29.2. The van der Waals surface area contributed by atoms with Gasteiger partial charge in [0.15, 0.2) is 0 Å². The van der Waals surface area contributed by atoms with Crippen LogP contribution in [0.25, 0.3) is 22.0 Å². The number of hydrogen-bond acceptors (Lipinski definition) is 5. The maximum Gasteiger partial charge on any atom is 0.255 e. The molecule has 0 spiro atoms. The normalized spacial score (nSPS) is 14.6. The molecule has 1 fully saturated rings. The topological polar surface area (TPSA) is 59.0 Å². The summed E-state index contributed by atoms with van der Waals surface area (Å²) in [4.78, 5) is 18.3. The van der Waals surface area contributed by atoms with E-state index in [1.54, 1.807) is 14.2 Å². The van der Waals surface area contributed by atoms with Gasteiger partial charge in [0.1, 0.15) is 11.5 Å². The van der Waals surface area contributed by atoms with E-state index < -0.39 is 0 Å². The number of aromatic nitrogens is 1. The number of nitrogens with zero attached hydrogens (tertiary/aromatic N) is 3. The number of hydrogen-bond donors (Lipinski definition) is 1. The second kappa shape index (κ2) is 14.7. The van der Waals surface area contributed by atoms with Gasteiger partial charge in [-0.25, -0.2) is 0 Å². The molecule has 1 aliphatic heterocycles. The van der Waals surface area contributed by atoms with Gasteiger partial charge in [0.2, 0.25) is 0 Å². The van der Waals surface area contributed by atoms with E-state index in [1.807, 2.05) is 66.7 Å². The highest BCUT2D eigenvalue weighted by Crippen LogP contribution is 2.41. The summed E-state index contributed by atoms with van der Waals surface area (Å²) in [5.41, 5.74) is 9.48. The standard InChI is InChI=1S/C41H48N4O3/c1-28(26-44-20-18-43(4)19-21-44)27-45-30(3)29(2)36-23-32(14-17-37(36)45)22-31-12-15-34(16-13-31)41(46)42-35-24-38(47-5)40(39(25-35)48-6)33-10-8-7-9-11-33/h7-17,23-25,28H,18-22,26-27H2,1-6H3,(H,42,46). The minimum absolute atomic E-state index is 0.186. The summed E-state index contributed by atoms with van der Waals surface area (Å²) in [6, 6.07) is 28.4. The van der Waals surface area contributed by atoms with Crippen LogP contribution in [0.15, 0.2) is 84.9 Å². The molecular weight excluding hydrogens is 596 g/mol. The zero-order chi connectivity index (χ0) is 33.8. The SMILES string of the molecule is COc1cc(NC(=O)c2ccc(Cc3ccc4c(c3)c(C)c(C)n4CC(C)CN3CCN(C)CC3)cc2)cc(OC)c1-c1ccccc1. The Labute approximate surface area is 285 Å². The number of carbonyl (C=O) groups excluding carboxylic acids is 1. The van der Waals surface area contributed by atoms with Crippen LogP contribution >= 0.6 is 0 Å². The third kappa shape index (κ3) is 7.28. The van der Waals surface area contributed by atoms with Crippen LogP contribution in [0, 0.1) is 19.8 Å². The molecule has 6 rings (SSSR count). The maximum atomic E-state index is 13.3. The smallest absolute Gasteiger partial charge is 0.255 e. The summed E-state index contributed by atoms with van der Waals surface area (Å²) in [6.07, 6.45) is 0.802. The van der Waals surface area contributed by atoms with Crippen molar-refractivity contribution < 1.29 is 14.3 Å². The van der Waals surface area contributed by atoms with Crippen LogP contribution in [0.4, 0.5) is 5.69 Å². The summed E-state index contributed by atoms with van der Waals surface area (Å²) in [5, 5.41) is 4.35. The molecule has 7 heteroatoms. The number of aryl methyl sites for hydroxylation is 1. The highest BCUT2D eigenvalue weighted by Gasteiger charge is 2.20. The lowest BCUT2D eigenvalue weighted by Gasteiger charge is -2.34. The molecular formula is C41H48N4O3. The highest BCUT2D eigenvalue weighted by atomic mass is 16.5. The van der Waals surface area contributed by atoms with Crippen LogP contribution in [0.3, 0.4) is 0 Å². The Hall–Kier alpha value is -4.59. The first-order valence-corrected chi connectivity index (χ1v) is 16.9. The highest BCUT2D eigenvalue weighted by molar-refractivity contribution is 6.04. The van der Waals surface area contributed by atoms with Crippen LogP contribution in [-0.4, -0.2) is 74.3 Å². The van der Waals surface area contributed by atoms with Gasteiger partial charge < -0.3 is 29.2 Å². The quantitative estimate of drug-likeness (QED) is 0.160. The van der Waals surface area contributed by atoms with Gasteiger partial charge in [0.25, 0.3) is 5.91 Å². The van der Waals surface area contributed by atoms with E-state index in [9.17, 15) is 4.79 Å². The molecule has 0 aliphatic carbocycles. The molecule has 48 heavy (non-hydrogen) atoms. The molecule has 0 radical (unpaired) electrons. The number of methoxy groups -OCH3 is 2. The molecule has 1 amide bonds. The third-order valence-corrected chi connectivity index (χ3v) is 9.81. The number of ether oxygens (including phenoxy) is 2. The number of rotatable bonds is 11. The fourth-order valence-corrected chi connectivity index (χ4v) is 6.97. The van der Waals surface area contributed by atoms with E-state index in [4.69, 9.17) is 9.47 Å². The molecule has 1 aromatic heterocycles. The molecule has 7 nitrogen and oxygen atoms in total. The first kappa shape index (κ1) is 33.3. The minimum Gasteiger partial charge on any atom is -0.496 e. The van der Waals surface area contributed by atoms with Crippen molar-refractivity contribution in [3.63, 3.8) is 0 Å². The fraction of sp³-hybridized carbons (Fsp3) is 0.341. The Kier molecular flexibility index (Phi) is 10.2. The molecule has 1 saturated heterocycles. The number of nitrogens with one attached hydrogen (secondary N) is 1. The van der Waals surface area contributed by atoms with Crippen molar-refractivity contribution >= 4 is 22.5 Å². The second-order valence-electron chi connectivity index (χ2n) is 13.3. The Balaban J connectivity index is 1.12. The average Bonchev–Trinajstić information content (AvgIpc) is 3.33. The van der Waals surface area contributed by atoms with Gasteiger partial charge in [-0.05, 0) is 79.8 Å². The number of piperazine rings is 1. The Morgan fingerprint density at radius 1 is 0.812 bits per heavy atom. The molecule has 0 bridgehead atoms. The van der Waals surface area contributed by atoms with E-state index in [2.05, 4.69) is 65.7 Å². The molecule has 2 heterocycles. The van der Waals surface area contributed by atoms with Gasteiger partial charge in [-0.2, -0.15) is 0 Å². The number of likely N-dealkylation sites (N-methyl/N-ethyl adjacent to an activating group) is 1. The molecule has 250 valence electrons. The predicted molar refractivity (Wildman–Crippen MR) is 197 cm³/mol. The van der Waals surface area contributed by atoms with Gasteiger partial charge in [-0.1, -0.05) is 55.5 Å². The largest absolute Gasteiger partial charge is 0.496 e. The van der Waals surface area contributed by atoms with Crippen molar-refractivity contribution in [2.45, 2.75) is 33.7 Å². The first-order chi connectivity index (χ1) is 23.2. The van der Waals surface area contributed by atoms with E-state index in [1.165, 1.54) is 27.7 Å². The lowest BCUT2D eigenvalue weighted by atomic mass is 10.0. The van der Waals surface area contributed by atoms with E-state index >= 15 is 0 Å². The summed E-state index contributed by atoms with van der Waals surface area (Å²) in [7, 11) is 5.46. The summed E-state index contributed by atoms with van der Waals surface area (Å²) >= 11 is 0. The zero-order valence-corrected chi connectivity index (χ0v) is 29.2. The van der Waals surface area contributed by atoms with Crippen LogP contribution in [-0.2, 0) is 13.0 Å². The van der Waals surface area contributed by atoms with Gasteiger partial charge >= 0.3 is 0 Å². The maximum absolute atomic E-state index is 13.3. The number of amides is 1. The lowest BCUT2D eigenvalue weighted by Crippen LogP contribution is -2.46. The van der Waals surface area contributed by atoms with Gasteiger partial charge in [0.05, 0.1) is 19.8 Å². The van der Waals surface area contributed by atoms with Gasteiger partial charge in [-0.15, -0.1) is 0 Å². The molecule has 1 unspecified atom stereocenters. The molecule has 5 aromatic rings. The lowest BCUT2D eigenvalue weighted by molar-refractivity contribution is 0.102. The molecule has 1 atom stereocenters. The number of benzene rings is 4. The second-order valence-corrected chi connectivity index (χ2v) is 13.3. The fourth-order valence-electron chi connectivity index (χ4n) is 6.97. The third-order valence-electron chi connectivity index (χ3n) is 9.81. The molecule has 1 aliphatic rings. The van der Waals surface area contributed by atoms with Crippen molar-refractivity contribution in [2.75, 3.05) is 59.3 Å². The van der Waals surface area contributed by atoms with Crippen LogP contribution in [0.1, 0.15) is 39.7 Å². The predicted octanol–water partition coefficient (Wildman–Crippen LogP) is 7.67. The monoisotopic (exact) mass is 644 g/mol. The average molecular weight is 645 g/mol. The van der Waals surface area contributed by atoms with Crippen molar-refractivity contribution in [2.24, 2.45) is 5.92 Å². The summed E-state index contributed by atoms with van der Waals surface area (Å²) in [6.45, 7) is 13.7. The van der Waals surface area contributed by atoms with Gasteiger partial charge in [0, 0.05) is 79.2 Å². The van der Waals surface area contributed by atoms with Crippen molar-refractivity contribution in [3.8, 4) is 22.6 Å². The van der Waals surface area contributed by atoms with Crippen LogP contribution in [0.5, 0.6) is 11.5 Å². The van der Waals surface area contributed by atoms with E-state index in [0.29, 0.717) is 28.7 Å². The molecule has 4 aromatic carbocycles. The minimum atomic E-state index is -0.186. The summed E-state index contributed by atoms with van der Waals surface area (Å²) < 4.78 is 13.9. The molecule has 0 saturated carbocycles. The summed E-state index contributed by atoms with van der Waals surface area (Å²) in [5.74, 6) is 1.65. The number of fused-ring (bicyclic) bond motifs is 1. The van der Waals surface area contributed by atoms with Crippen molar-refractivity contribution in [3.05, 3.63) is 113 Å². The molecule has 1 N–H and O–H groups in total. The van der Waals surface area contributed by atoms with Gasteiger partial charge in [-0.3, -0.25) is 4.79 Å². The van der Waals surface area contributed by atoms with Crippen LogP contribution in [0.2, 0.25) is 0 Å². The Bertz CT molecular complexity index is 1850. The number of carbonyl (C=O) groups is 1. The van der Waals surface area contributed by atoms with Crippen LogP contribution < -0.4 is 14.8 Å².